The standard InChI is InChI=1S/C16H18N6O2/c23-16(12-22-9-7-17-20-22)6-8-21(11-16)10-14-18-15(19-24-14)13-4-2-1-3-5-13/h1-5,7,9,23H,6,8,10-12H2. The molecule has 3 heterocycles. The zero-order valence-corrected chi connectivity index (χ0v) is 13.1. The third-order valence-corrected chi connectivity index (χ3v) is 4.20. The molecule has 1 aromatic carbocycles. The maximum absolute atomic E-state index is 10.7. The molecule has 124 valence electrons. The Morgan fingerprint density at radius 2 is 2.12 bits per heavy atom. The van der Waals surface area contributed by atoms with Crippen molar-refractivity contribution in [1.82, 2.24) is 30.0 Å². The van der Waals surface area contributed by atoms with Crippen LogP contribution >= 0.6 is 0 Å². The van der Waals surface area contributed by atoms with Crippen LogP contribution in [-0.4, -0.2) is 53.8 Å². The Morgan fingerprint density at radius 3 is 2.92 bits per heavy atom. The summed E-state index contributed by atoms with van der Waals surface area (Å²) in [6.07, 6.45) is 4.04. The summed E-state index contributed by atoms with van der Waals surface area (Å²) in [6, 6.07) is 9.72. The largest absolute Gasteiger partial charge is 0.387 e. The average molecular weight is 326 g/mol. The van der Waals surface area contributed by atoms with Crippen LogP contribution < -0.4 is 0 Å². The average Bonchev–Trinajstić information content (AvgIpc) is 3.32. The molecule has 24 heavy (non-hydrogen) atoms. The molecule has 0 spiro atoms. The van der Waals surface area contributed by atoms with E-state index in [0.717, 1.165) is 12.1 Å². The molecule has 1 atom stereocenters. The first kappa shape index (κ1) is 15.0. The summed E-state index contributed by atoms with van der Waals surface area (Å²) in [5.41, 5.74) is 0.118. The fraction of sp³-hybridized carbons (Fsp3) is 0.375. The first-order valence-electron chi connectivity index (χ1n) is 7.87. The molecule has 0 radical (unpaired) electrons. The van der Waals surface area contributed by atoms with E-state index in [-0.39, 0.29) is 0 Å². The first-order chi connectivity index (χ1) is 11.7. The van der Waals surface area contributed by atoms with E-state index in [2.05, 4.69) is 25.4 Å². The Balaban J connectivity index is 1.39. The van der Waals surface area contributed by atoms with Crippen LogP contribution in [0.2, 0.25) is 0 Å². The lowest BCUT2D eigenvalue weighted by Gasteiger charge is -2.22. The number of likely N-dealkylation sites (tertiary alicyclic amines) is 1. The van der Waals surface area contributed by atoms with Crippen molar-refractivity contribution in [3.8, 4) is 11.4 Å². The van der Waals surface area contributed by atoms with Crippen molar-refractivity contribution < 1.29 is 9.63 Å². The van der Waals surface area contributed by atoms with E-state index in [1.165, 1.54) is 0 Å². The lowest BCUT2D eigenvalue weighted by molar-refractivity contribution is 0.0265. The maximum Gasteiger partial charge on any atom is 0.241 e. The van der Waals surface area contributed by atoms with E-state index in [1.54, 1.807) is 17.1 Å². The number of aromatic nitrogens is 5. The van der Waals surface area contributed by atoms with Crippen molar-refractivity contribution >= 4 is 0 Å². The van der Waals surface area contributed by atoms with Gasteiger partial charge in [0.2, 0.25) is 11.7 Å². The van der Waals surface area contributed by atoms with Crippen LogP contribution in [0.3, 0.4) is 0 Å². The molecule has 3 aromatic rings. The van der Waals surface area contributed by atoms with Gasteiger partial charge >= 0.3 is 0 Å². The Hall–Kier alpha value is -2.58. The molecule has 0 saturated carbocycles. The van der Waals surface area contributed by atoms with E-state index >= 15 is 0 Å². The van der Waals surface area contributed by atoms with Crippen molar-refractivity contribution in [2.75, 3.05) is 13.1 Å². The van der Waals surface area contributed by atoms with Gasteiger partial charge in [-0.1, -0.05) is 40.7 Å². The van der Waals surface area contributed by atoms with E-state index in [9.17, 15) is 5.11 Å². The fourth-order valence-corrected chi connectivity index (χ4v) is 3.04. The van der Waals surface area contributed by atoms with Gasteiger partial charge in [-0.05, 0) is 6.42 Å². The highest BCUT2D eigenvalue weighted by molar-refractivity contribution is 5.53. The van der Waals surface area contributed by atoms with Crippen molar-refractivity contribution in [2.45, 2.75) is 25.1 Å². The lowest BCUT2D eigenvalue weighted by Crippen LogP contribution is -2.37. The van der Waals surface area contributed by atoms with Gasteiger partial charge in [-0.2, -0.15) is 4.98 Å². The highest BCUT2D eigenvalue weighted by atomic mass is 16.5. The molecule has 1 aliphatic rings. The summed E-state index contributed by atoms with van der Waals surface area (Å²) in [5, 5.41) is 22.4. The second-order valence-electron chi connectivity index (χ2n) is 6.16. The van der Waals surface area contributed by atoms with Crippen molar-refractivity contribution in [3.63, 3.8) is 0 Å². The van der Waals surface area contributed by atoms with Crippen LogP contribution in [0.15, 0.2) is 47.2 Å². The van der Waals surface area contributed by atoms with Gasteiger partial charge < -0.3 is 9.63 Å². The van der Waals surface area contributed by atoms with Gasteiger partial charge in [-0.25, -0.2) is 4.68 Å². The number of hydrogen-bond donors (Lipinski definition) is 1. The Bertz CT molecular complexity index is 788. The number of hydrogen-bond acceptors (Lipinski definition) is 7. The summed E-state index contributed by atoms with van der Waals surface area (Å²) in [7, 11) is 0. The molecule has 0 aliphatic carbocycles. The Morgan fingerprint density at radius 1 is 1.25 bits per heavy atom. The van der Waals surface area contributed by atoms with E-state index in [0.29, 0.717) is 37.8 Å². The van der Waals surface area contributed by atoms with Crippen LogP contribution in [0.4, 0.5) is 0 Å². The highest BCUT2D eigenvalue weighted by Crippen LogP contribution is 2.24. The quantitative estimate of drug-likeness (QED) is 0.746. The third-order valence-electron chi connectivity index (χ3n) is 4.20. The lowest BCUT2D eigenvalue weighted by atomic mass is 10.0. The monoisotopic (exact) mass is 326 g/mol. The van der Waals surface area contributed by atoms with Crippen LogP contribution in [0, 0.1) is 0 Å². The minimum absolute atomic E-state index is 0.433. The number of rotatable bonds is 5. The number of aliphatic hydroxyl groups is 1. The molecule has 0 amide bonds. The fourth-order valence-electron chi connectivity index (χ4n) is 3.04. The smallest absolute Gasteiger partial charge is 0.241 e. The molecule has 8 nitrogen and oxygen atoms in total. The van der Waals surface area contributed by atoms with Gasteiger partial charge in [0, 0.05) is 24.8 Å². The van der Waals surface area contributed by atoms with Crippen molar-refractivity contribution in [2.24, 2.45) is 0 Å². The highest BCUT2D eigenvalue weighted by Gasteiger charge is 2.37. The van der Waals surface area contributed by atoms with Crippen LogP contribution in [0.1, 0.15) is 12.3 Å². The van der Waals surface area contributed by atoms with Gasteiger partial charge in [0.25, 0.3) is 0 Å². The summed E-state index contributed by atoms with van der Waals surface area (Å²) in [6.45, 7) is 2.27. The summed E-state index contributed by atoms with van der Waals surface area (Å²) >= 11 is 0. The molecule has 4 rings (SSSR count). The summed E-state index contributed by atoms with van der Waals surface area (Å²) < 4.78 is 7.00. The number of β-amino-alcohol motifs (C(OH)–C–C–N with tert-alkyl or cyclic N) is 1. The molecule has 1 N–H and O–H groups in total. The second kappa shape index (κ2) is 6.14. The topological polar surface area (TPSA) is 93.1 Å². The minimum Gasteiger partial charge on any atom is -0.387 e. The Kier molecular flexibility index (Phi) is 3.83. The minimum atomic E-state index is -0.810. The van der Waals surface area contributed by atoms with E-state index in [4.69, 9.17) is 4.52 Å². The molecule has 2 aromatic heterocycles. The molecule has 1 saturated heterocycles. The van der Waals surface area contributed by atoms with Gasteiger partial charge in [-0.15, -0.1) is 5.10 Å². The van der Waals surface area contributed by atoms with Crippen LogP contribution in [-0.2, 0) is 13.1 Å². The van der Waals surface area contributed by atoms with Gasteiger partial charge in [0.1, 0.15) is 0 Å². The van der Waals surface area contributed by atoms with E-state index in [1.807, 2.05) is 30.3 Å². The van der Waals surface area contributed by atoms with Gasteiger partial charge in [-0.3, -0.25) is 4.90 Å². The molecule has 0 bridgehead atoms. The molecule has 8 heteroatoms. The SMILES string of the molecule is OC1(Cn2ccnn2)CCN(Cc2nc(-c3ccccc3)no2)C1. The van der Waals surface area contributed by atoms with E-state index < -0.39 is 5.60 Å². The predicted molar refractivity (Wildman–Crippen MR) is 84.6 cm³/mol. The second-order valence-corrected chi connectivity index (χ2v) is 6.16. The maximum atomic E-state index is 10.7. The molecular formula is C16H18N6O2. The zero-order chi connectivity index (χ0) is 16.4. The van der Waals surface area contributed by atoms with Gasteiger partial charge in [0.15, 0.2) is 0 Å². The van der Waals surface area contributed by atoms with Crippen LogP contribution in [0.5, 0.6) is 0 Å². The number of nitrogens with zero attached hydrogens (tertiary/aromatic N) is 6. The zero-order valence-electron chi connectivity index (χ0n) is 13.1. The number of benzene rings is 1. The van der Waals surface area contributed by atoms with Crippen molar-refractivity contribution in [3.05, 3.63) is 48.6 Å². The predicted octanol–water partition coefficient (Wildman–Crippen LogP) is 0.965. The van der Waals surface area contributed by atoms with Crippen LogP contribution in [0.25, 0.3) is 11.4 Å². The first-order valence-corrected chi connectivity index (χ1v) is 7.87. The van der Waals surface area contributed by atoms with Gasteiger partial charge in [0.05, 0.1) is 24.9 Å². The van der Waals surface area contributed by atoms with Crippen molar-refractivity contribution in [1.29, 1.82) is 0 Å². The molecule has 1 unspecified atom stereocenters. The summed E-state index contributed by atoms with van der Waals surface area (Å²) in [4.78, 5) is 6.55. The molecule has 1 aliphatic heterocycles. The summed E-state index contributed by atoms with van der Waals surface area (Å²) in [5.74, 6) is 1.14. The molecule has 1 fully saturated rings. The normalized spacial score (nSPS) is 21.4. The third kappa shape index (κ3) is 3.19. The Labute approximate surface area is 138 Å². The molecular weight excluding hydrogens is 308 g/mol.